The molecule has 0 heterocycles. The number of hydrogen-bond acceptors (Lipinski definition) is 2. The van der Waals surface area contributed by atoms with Crippen LogP contribution < -0.4 is 4.90 Å². The van der Waals surface area contributed by atoms with Crippen molar-refractivity contribution in [3.05, 3.63) is 42.5 Å². The van der Waals surface area contributed by atoms with Gasteiger partial charge in [-0.1, -0.05) is 12.1 Å². The largest absolute Gasteiger partial charge is 0.465 e. The summed E-state index contributed by atoms with van der Waals surface area (Å²) in [7, 11) is 0. The van der Waals surface area contributed by atoms with E-state index in [1.807, 2.05) is 0 Å². The summed E-state index contributed by atoms with van der Waals surface area (Å²) in [6.07, 6.45) is 0.350. The van der Waals surface area contributed by atoms with Crippen molar-refractivity contribution in [2.75, 3.05) is 11.4 Å². The highest BCUT2D eigenvalue weighted by Crippen LogP contribution is 2.17. The predicted molar refractivity (Wildman–Crippen MR) is 62.2 cm³/mol. The molecule has 1 aromatic carbocycles. The number of nitrogens with zero attached hydrogens (tertiary/aromatic N) is 1. The molecule has 1 amide bonds. The number of anilines is 1. The van der Waals surface area contributed by atoms with Crippen molar-refractivity contribution < 1.29 is 14.7 Å². The summed E-state index contributed by atoms with van der Waals surface area (Å²) in [5, 5.41) is 8.33. The second kappa shape index (κ2) is 5.32. The zero-order valence-corrected chi connectivity index (χ0v) is 9.15. The van der Waals surface area contributed by atoms with Crippen LogP contribution in [0.25, 0.3) is 0 Å². The SMILES string of the molecule is C=CCN(C(=O)O)c1cccc(C(=O)Cl)c1. The molecule has 84 valence electrons. The topological polar surface area (TPSA) is 57.6 Å². The third-order valence-corrected chi connectivity index (χ3v) is 2.15. The molecule has 1 N–H and O–H groups in total. The van der Waals surface area contributed by atoms with Gasteiger partial charge in [-0.25, -0.2) is 4.79 Å². The molecule has 1 aromatic rings. The van der Waals surface area contributed by atoms with Gasteiger partial charge in [0, 0.05) is 17.8 Å². The van der Waals surface area contributed by atoms with Crippen molar-refractivity contribution in [3.63, 3.8) is 0 Å². The maximum Gasteiger partial charge on any atom is 0.412 e. The molecule has 1 rings (SSSR count). The Morgan fingerprint density at radius 1 is 1.50 bits per heavy atom. The lowest BCUT2D eigenvalue weighted by atomic mass is 10.2. The summed E-state index contributed by atoms with van der Waals surface area (Å²) in [6.45, 7) is 3.62. The second-order valence-electron chi connectivity index (χ2n) is 3.01. The van der Waals surface area contributed by atoms with Gasteiger partial charge in [0.1, 0.15) is 0 Å². The predicted octanol–water partition coefficient (Wildman–Crippen LogP) is 2.74. The lowest BCUT2D eigenvalue weighted by Gasteiger charge is -2.17. The van der Waals surface area contributed by atoms with Crippen LogP contribution in [0.4, 0.5) is 10.5 Å². The molecule has 0 fully saturated rings. The number of amides is 1. The molecule has 0 aliphatic heterocycles. The van der Waals surface area contributed by atoms with E-state index in [1.165, 1.54) is 18.2 Å². The smallest absolute Gasteiger partial charge is 0.412 e. The van der Waals surface area contributed by atoms with Gasteiger partial charge in [-0.15, -0.1) is 6.58 Å². The van der Waals surface area contributed by atoms with Crippen LogP contribution in [0.3, 0.4) is 0 Å². The highest BCUT2D eigenvalue weighted by atomic mass is 35.5. The molecule has 0 aliphatic rings. The third kappa shape index (κ3) is 2.84. The first-order valence-corrected chi connectivity index (χ1v) is 4.85. The molecular weight excluding hydrogens is 230 g/mol. The molecule has 0 aliphatic carbocycles. The van der Waals surface area contributed by atoms with E-state index in [4.69, 9.17) is 16.7 Å². The first-order valence-electron chi connectivity index (χ1n) is 4.47. The van der Waals surface area contributed by atoms with Crippen molar-refractivity contribution in [1.82, 2.24) is 0 Å². The minimum Gasteiger partial charge on any atom is -0.465 e. The van der Waals surface area contributed by atoms with Crippen LogP contribution in [-0.4, -0.2) is 23.0 Å². The molecule has 0 radical (unpaired) electrons. The van der Waals surface area contributed by atoms with Crippen LogP contribution in [-0.2, 0) is 0 Å². The molecule has 16 heavy (non-hydrogen) atoms. The van der Waals surface area contributed by atoms with E-state index < -0.39 is 11.3 Å². The van der Waals surface area contributed by atoms with E-state index in [1.54, 1.807) is 12.1 Å². The van der Waals surface area contributed by atoms with Gasteiger partial charge in [0.05, 0.1) is 0 Å². The number of rotatable bonds is 4. The number of carboxylic acid groups (broad SMARTS) is 1. The fourth-order valence-corrected chi connectivity index (χ4v) is 1.34. The van der Waals surface area contributed by atoms with E-state index in [2.05, 4.69) is 6.58 Å². The van der Waals surface area contributed by atoms with E-state index in [0.717, 1.165) is 4.90 Å². The van der Waals surface area contributed by atoms with Crippen molar-refractivity contribution in [1.29, 1.82) is 0 Å². The Bertz CT molecular complexity index is 431. The zero-order chi connectivity index (χ0) is 12.1. The van der Waals surface area contributed by atoms with Crippen molar-refractivity contribution in [2.24, 2.45) is 0 Å². The highest BCUT2D eigenvalue weighted by molar-refractivity contribution is 6.67. The molecule has 0 atom stereocenters. The van der Waals surface area contributed by atoms with Gasteiger partial charge >= 0.3 is 6.09 Å². The molecule has 0 saturated heterocycles. The average molecular weight is 240 g/mol. The van der Waals surface area contributed by atoms with Crippen molar-refractivity contribution in [3.8, 4) is 0 Å². The Morgan fingerprint density at radius 3 is 2.69 bits per heavy atom. The Kier molecular flexibility index (Phi) is 4.08. The number of carbonyl (C=O) groups excluding carboxylic acids is 1. The summed E-state index contributed by atoms with van der Waals surface area (Å²) < 4.78 is 0. The third-order valence-electron chi connectivity index (χ3n) is 1.93. The maximum atomic E-state index is 10.9. The van der Waals surface area contributed by atoms with Gasteiger partial charge in [0.25, 0.3) is 5.24 Å². The molecule has 4 nitrogen and oxygen atoms in total. The summed E-state index contributed by atoms with van der Waals surface area (Å²) >= 11 is 5.31. The highest BCUT2D eigenvalue weighted by Gasteiger charge is 2.13. The van der Waals surface area contributed by atoms with E-state index in [9.17, 15) is 9.59 Å². The quantitative estimate of drug-likeness (QED) is 0.649. The number of hydrogen-bond donors (Lipinski definition) is 1. The van der Waals surface area contributed by atoms with Crippen LogP contribution >= 0.6 is 11.6 Å². The Morgan fingerprint density at radius 2 is 2.19 bits per heavy atom. The van der Waals surface area contributed by atoms with Crippen LogP contribution in [0, 0.1) is 0 Å². The first-order chi connectivity index (χ1) is 7.56. The Hall–Kier alpha value is -1.81. The van der Waals surface area contributed by atoms with E-state index in [0.29, 0.717) is 5.69 Å². The van der Waals surface area contributed by atoms with Gasteiger partial charge in [0.15, 0.2) is 0 Å². The molecule has 0 unspecified atom stereocenters. The molecule has 0 aromatic heterocycles. The number of halogens is 1. The lowest BCUT2D eigenvalue weighted by Crippen LogP contribution is -2.29. The molecule has 0 spiro atoms. The summed E-state index contributed by atoms with van der Waals surface area (Å²) in [6, 6.07) is 6.10. The summed E-state index contributed by atoms with van der Waals surface area (Å²) in [4.78, 5) is 22.9. The molecule has 0 bridgehead atoms. The Balaban J connectivity index is 3.09. The fourth-order valence-electron chi connectivity index (χ4n) is 1.22. The van der Waals surface area contributed by atoms with Crippen LogP contribution in [0.5, 0.6) is 0 Å². The molecule has 0 saturated carbocycles. The number of carbonyl (C=O) groups is 2. The van der Waals surface area contributed by atoms with E-state index in [-0.39, 0.29) is 12.1 Å². The summed E-state index contributed by atoms with van der Waals surface area (Å²) in [5.41, 5.74) is 0.647. The molecule has 5 heteroatoms. The first kappa shape index (κ1) is 12.3. The fraction of sp³-hybridized carbons (Fsp3) is 0.0909. The van der Waals surface area contributed by atoms with E-state index >= 15 is 0 Å². The lowest BCUT2D eigenvalue weighted by molar-refractivity contribution is 0.108. The maximum absolute atomic E-state index is 10.9. The van der Waals surface area contributed by atoms with Crippen molar-refractivity contribution >= 4 is 28.6 Å². The van der Waals surface area contributed by atoms with Crippen molar-refractivity contribution in [2.45, 2.75) is 0 Å². The standard InChI is InChI=1S/C11H10ClNO3/c1-2-6-13(11(15)16)9-5-3-4-8(7-9)10(12)14/h2-5,7H,1,6H2,(H,15,16). The Labute approximate surface area is 97.7 Å². The normalized spacial score (nSPS) is 9.56. The average Bonchev–Trinajstić information content (AvgIpc) is 2.25. The van der Waals surface area contributed by atoms with Crippen LogP contribution in [0.15, 0.2) is 36.9 Å². The monoisotopic (exact) mass is 239 g/mol. The van der Waals surface area contributed by atoms with Gasteiger partial charge in [-0.3, -0.25) is 9.69 Å². The van der Waals surface area contributed by atoms with Gasteiger partial charge in [0.2, 0.25) is 0 Å². The second-order valence-corrected chi connectivity index (χ2v) is 3.35. The van der Waals surface area contributed by atoms with Crippen LogP contribution in [0.2, 0.25) is 0 Å². The summed E-state index contributed by atoms with van der Waals surface area (Å²) in [5.74, 6) is 0. The minimum absolute atomic E-state index is 0.148. The number of benzene rings is 1. The van der Waals surface area contributed by atoms with Gasteiger partial charge < -0.3 is 5.11 Å². The zero-order valence-electron chi connectivity index (χ0n) is 8.39. The van der Waals surface area contributed by atoms with Gasteiger partial charge in [-0.05, 0) is 29.8 Å². The molecular formula is C11H10ClNO3. The van der Waals surface area contributed by atoms with Crippen LogP contribution in [0.1, 0.15) is 10.4 Å². The minimum atomic E-state index is -1.11. The van der Waals surface area contributed by atoms with Gasteiger partial charge in [-0.2, -0.15) is 0 Å².